The third-order valence-corrected chi connectivity index (χ3v) is 5.81. The smallest absolute Gasteiger partial charge is 0.237 e. The summed E-state index contributed by atoms with van der Waals surface area (Å²) >= 11 is 1.76. The van der Waals surface area contributed by atoms with Gasteiger partial charge in [-0.05, 0) is 44.1 Å². The number of nitrogens with two attached hydrogens (primary N) is 1. The van der Waals surface area contributed by atoms with Crippen molar-refractivity contribution in [1.29, 1.82) is 0 Å². The lowest BCUT2D eigenvalue weighted by atomic mass is 9.99. The molecule has 0 saturated carbocycles. The van der Waals surface area contributed by atoms with E-state index in [4.69, 9.17) is 5.73 Å². The molecule has 4 nitrogen and oxygen atoms in total. The van der Waals surface area contributed by atoms with Crippen molar-refractivity contribution in [2.24, 2.45) is 5.73 Å². The molecule has 0 spiro atoms. The Kier molecular flexibility index (Phi) is 4.62. The number of amides is 1. The second kappa shape index (κ2) is 6.46. The zero-order chi connectivity index (χ0) is 14.8. The Hall–Kier alpha value is -0.910. The Morgan fingerprint density at radius 2 is 2.29 bits per heavy atom. The highest BCUT2D eigenvalue weighted by Gasteiger charge is 2.33. The second-order valence-corrected chi connectivity index (χ2v) is 7.34. The molecule has 1 amide bonds. The summed E-state index contributed by atoms with van der Waals surface area (Å²) in [5.74, 6) is 0.285. The fourth-order valence-electron chi connectivity index (χ4n) is 3.60. The zero-order valence-electron chi connectivity index (χ0n) is 12.7. The van der Waals surface area contributed by atoms with Gasteiger partial charge in [-0.25, -0.2) is 0 Å². The molecule has 2 fully saturated rings. The van der Waals surface area contributed by atoms with E-state index in [9.17, 15) is 4.79 Å². The van der Waals surface area contributed by atoms with E-state index in [0.29, 0.717) is 24.7 Å². The van der Waals surface area contributed by atoms with Gasteiger partial charge in [0.15, 0.2) is 0 Å². The van der Waals surface area contributed by atoms with Crippen molar-refractivity contribution < 1.29 is 4.79 Å². The average molecular weight is 307 g/mol. The molecule has 2 aliphatic rings. The van der Waals surface area contributed by atoms with Gasteiger partial charge in [-0.3, -0.25) is 9.69 Å². The minimum Gasteiger partial charge on any atom is -0.334 e. The lowest BCUT2D eigenvalue weighted by molar-refractivity contribution is -0.134. The summed E-state index contributed by atoms with van der Waals surface area (Å²) in [5.41, 5.74) is 6.01. The van der Waals surface area contributed by atoms with Crippen LogP contribution in [0.1, 0.15) is 43.5 Å². The number of carbonyl (C=O) groups excluding carboxylic acids is 1. The third kappa shape index (κ3) is 3.30. The van der Waals surface area contributed by atoms with Crippen molar-refractivity contribution in [2.45, 2.75) is 50.7 Å². The number of rotatable bonds is 3. The SMILES string of the molecule is CC1CC(N)CCN1CC(=O)N1CCCC1c1cccs1. The van der Waals surface area contributed by atoms with Crippen molar-refractivity contribution in [2.75, 3.05) is 19.6 Å². The molecule has 1 aromatic heterocycles. The Bertz CT molecular complexity index is 476. The number of thiophene rings is 1. The first-order valence-electron chi connectivity index (χ1n) is 7.97. The minimum absolute atomic E-state index is 0.285. The predicted molar refractivity (Wildman–Crippen MR) is 86.3 cm³/mol. The molecule has 3 rings (SSSR count). The van der Waals surface area contributed by atoms with Crippen LogP contribution in [0, 0.1) is 0 Å². The lowest BCUT2D eigenvalue weighted by Gasteiger charge is -2.37. The molecule has 5 heteroatoms. The molecule has 1 aromatic rings. The third-order valence-electron chi connectivity index (χ3n) is 4.84. The predicted octanol–water partition coefficient (Wildman–Crippen LogP) is 2.22. The summed E-state index contributed by atoms with van der Waals surface area (Å²) in [6.07, 6.45) is 4.23. The van der Waals surface area contributed by atoms with E-state index in [1.54, 1.807) is 11.3 Å². The highest BCUT2D eigenvalue weighted by Crippen LogP contribution is 2.34. The minimum atomic E-state index is 0.285. The van der Waals surface area contributed by atoms with Gasteiger partial charge in [0.1, 0.15) is 0 Å². The first-order chi connectivity index (χ1) is 10.1. The maximum Gasteiger partial charge on any atom is 0.237 e. The van der Waals surface area contributed by atoms with E-state index < -0.39 is 0 Å². The molecule has 3 atom stereocenters. The number of hydrogen-bond acceptors (Lipinski definition) is 4. The standard InChI is InChI=1S/C16H25N3OS/c1-12-10-13(17)6-8-18(12)11-16(20)19-7-2-4-14(19)15-5-3-9-21-15/h3,5,9,12-14H,2,4,6-8,10-11,17H2,1H3. The summed E-state index contributed by atoms with van der Waals surface area (Å²) in [4.78, 5) is 18.4. The van der Waals surface area contributed by atoms with Crippen LogP contribution < -0.4 is 5.73 Å². The fourth-order valence-corrected chi connectivity index (χ4v) is 4.47. The van der Waals surface area contributed by atoms with Gasteiger partial charge in [0.05, 0.1) is 12.6 Å². The molecule has 2 aliphatic heterocycles. The van der Waals surface area contributed by atoms with Gasteiger partial charge in [-0.2, -0.15) is 0 Å². The molecule has 21 heavy (non-hydrogen) atoms. The van der Waals surface area contributed by atoms with Gasteiger partial charge in [0.25, 0.3) is 0 Å². The molecular formula is C16H25N3OS. The molecule has 0 aromatic carbocycles. The molecular weight excluding hydrogens is 282 g/mol. The molecule has 116 valence electrons. The van der Waals surface area contributed by atoms with E-state index in [1.807, 2.05) is 0 Å². The van der Waals surface area contributed by atoms with Crippen LogP contribution in [0.15, 0.2) is 17.5 Å². The Morgan fingerprint density at radius 1 is 1.43 bits per heavy atom. The first-order valence-corrected chi connectivity index (χ1v) is 8.85. The highest BCUT2D eigenvalue weighted by molar-refractivity contribution is 7.10. The normalized spacial score (nSPS) is 30.8. The number of hydrogen-bond donors (Lipinski definition) is 1. The van der Waals surface area contributed by atoms with Crippen molar-refractivity contribution in [3.63, 3.8) is 0 Å². The summed E-state index contributed by atoms with van der Waals surface area (Å²) in [6, 6.07) is 5.26. The molecule has 0 bridgehead atoms. The maximum atomic E-state index is 12.7. The molecule has 0 radical (unpaired) electrons. The summed E-state index contributed by atoms with van der Waals surface area (Å²) in [5, 5.41) is 2.10. The van der Waals surface area contributed by atoms with Crippen molar-refractivity contribution in [3.8, 4) is 0 Å². The van der Waals surface area contributed by atoms with Crippen LogP contribution in [-0.4, -0.2) is 47.4 Å². The lowest BCUT2D eigenvalue weighted by Crippen LogP contribution is -2.49. The molecule has 0 aliphatic carbocycles. The van der Waals surface area contributed by atoms with E-state index >= 15 is 0 Å². The largest absolute Gasteiger partial charge is 0.334 e. The summed E-state index contributed by atoms with van der Waals surface area (Å²) < 4.78 is 0. The molecule has 2 saturated heterocycles. The van der Waals surface area contributed by atoms with E-state index in [2.05, 4.69) is 34.2 Å². The Labute approximate surface area is 130 Å². The maximum absolute atomic E-state index is 12.7. The molecule has 3 heterocycles. The number of nitrogens with zero attached hydrogens (tertiary/aromatic N) is 2. The van der Waals surface area contributed by atoms with E-state index in [-0.39, 0.29) is 5.91 Å². The van der Waals surface area contributed by atoms with Crippen LogP contribution in [0.3, 0.4) is 0 Å². The van der Waals surface area contributed by atoms with Crippen molar-refractivity contribution in [1.82, 2.24) is 9.80 Å². The van der Waals surface area contributed by atoms with Gasteiger partial charge < -0.3 is 10.6 Å². The van der Waals surface area contributed by atoms with Gasteiger partial charge in [0.2, 0.25) is 5.91 Å². The highest BCUT2D eigenvalue weighted by atomic mass is 32.1. The first kappa shape index (κ1) is 15.0. The van der Waals surface area contributed by atoms with E-state index in [0.717, 1.165) is 38.8 Å². The van der Waals surface area contributed by atoms with Gasteiger partial charge in [-0.1, -0.05) is 6.07 Å². The van der Waals surface area contributed by atoms with Gasteiger partial charge >= 0.3 is 0 Å². The van der Waals surface area contributed by atoms with Gasteiger partial charge in [0, 0.05) is 30.1 Å². The Morgan fingerprint density at radius 3 is 3.00 bits per heavy atom. The molecule has 3 unspecified atom stereocenters. The quantitative estimate of drug-likeness (QED) is 0.931. The monoisotopic (exact) mass is 307 g/mol. The number of likely N-dealkylation sites (tertiary alicyclic amines) is 2. The van der Waals surface area contributed by atoms with Crippen LogP contribution in [0.5, 0.6) is 0 Å². The van der Waals surface area contributed by atoms with Crippen LogP contribution in [0.2, 0.25) is 0 Å². The number of carbonyl (C=O) groups is 1. The van der Waals surface area contributed by atoms with Crippen LogP contribution in [-0.2, 0) is 4.79 Å². The van der Waals surface area contributed by atoms with Crippen molar-refractivity contribution >= 4 is 17.2 Å². The topological polar surface area (TPSA) is 49.6 Å². The average Bonchev–Trinajstić information content (AvgIpc) is 3.10. The Balaban J connectivity index is 1.62. The van der Waals surface area contributed by atoms with Crippen LogP contribution in [0.25, 0.3) is 0 Å². The van der Waals surface area contributed by atoms with Crippen LogP contribution >= 0.6 is 11.3 Å². The fraction of sp³-hybridized carbons (Fsp3) is 0.688. The number of piperidine rings is 1. The second-order valence-electron chi connectivity index (χ2n) is 6.36. The van der Waals surface area contributed by atoms with Crippen LogP contribution in [0.4, 0.5) is 0 Å². The summed E-state index contributed by atoms with van der Waals surface area (Å²) in [6.45, 7) is 4.59. The van der Waals surface area contributed by atoms with Crippen molar-refractivity contribution in [3.05, 3.63) is 22.4 Å². The molecule has 2 N–H and O–H groups in total. The zero-order valence-corrected chi connectivity index (χ0v) is 13.5. The van der Waals surface area contributed by atoms with E-state index in [1.165, 1.54) is 4.88 Å². The van der Waals surface area contributed by atoms with Gasteiger partial charge in [-0.15, -0.1) is 11.3 Å². The summed E-state index contributed by atoms with van der Waals surface area (Å²) in [7, 11) is 0.